The maximum atomic E-state index is 11.3. The van der Waals surface area contributed by atoms with E-state index < -0.39 is 0 Å². The van der Waals surface area contributed by atoms with Crippen molar-refractivity contribution in [2.24, 2.45) is 5.73 Å². The third-order valence-electron chi connectivity index (χ3n) is 2.97. The highest BCUT2D eigenvalue weighted by Crippen LogP contribution is 2.32. The van der Waals surface area contributed by atoms with E-state index in [0.29, 0.717) is 6.61 Å². The fraction of sp³-hybridized carbons (Fsp3) is 0.500. The highest BCUT2D eigenvalue weighted by atomic mass is 16.7. The highest BCUT2D eigenvalue weighted by molar-refractivity contribution is 5.70. The number of fused-ring (bicyclic) bond motifs is 1. The summed E-state index contributed by atoms with van der Waals surface area (Å²) in [4.78, 5) is 11.3. The van der Waals surface area contributed by atoms with Gasteiger partial charge in [0, 0.05) is 6.04 Å². The number of aryl methyl sites for hydroxylation is 1. The van der Waals surface area contributed by atoms with Crippen LogP contribution in [0.15, 0.2) is 18.2 Å². The Labute approximate surface area is 112 Å². The molecule has 0 saturated heterocycles. The molecule has 0 bridgehead atoms. The smallest absolute Gasteiger partial charge is 0.307 e. The zero-order chi connectivity index (χ0) is 13.7. The van der Waals surface area contributed by atoms with Crippen molar-refractivity contribution in [1.29, 1.82) is 0 Å². The van der Waals surface area contributed by atoms with Crippen molar-refractivity contribution >= 4 is 5.97 Å². The number of ether oxygens (including phenoxy) is 3. The first-order chi connectivity index (χ1) is 9.19. The fourth-order valence-corrected chi connectivity index (χ4v) is 1.98. The predicted molar refractivity (Wildman–Crippen MR) is 70.1 cm³/mol. The molecule has 1 heterocycles. The molecule has 5 nitrogen and oxygen atoms in total. The lowest BCUT2D eigenvalue weighted by Gasteiger charge is -2.11. The zero-order valence-corrected chi connectivity index (χ0v) is 11.1. The monoisotopic (exact) mass is 265 g/mol. The van der Waals surface area contributed by atoms with E-state index in [9.17, 15) is 4.79 Å². The van der Waals surface area contributed by atoms with Gasteiger partial charge in [0.1, 0.15) is 0 Å². The van der Waals surface area contributed by atoms with Crippen LogP contribution in [-0.4, -0.2) is 25.4 Å². The summed E-state index contributed by atoms with van der Waals surface area (Å²) in [5.41, 5.74) is 7.04. The molecular weight excluding hydrogens is 246 g/mol. The number of carbonyl (C=O) groups excluding carboxylic acids is 1. The van der Waals surface area contributed by atoms with Crippen molar-refractivity contribution in [3.8, 4) is 11.5 Å². The molecule has 0 fully saturated rings. The van der Waals surface area contributed by atoms with E-state index in [4.69, 9.17) is 19.9 Å². The van der Waals surface area contributed by atoms with Crippen molar-refractivity contribution in [3.63, 3.8) is 0 Å². The van der Waals surface area contributed by atoms with Gasteiger partial charge in [0.25, 0.3) is 0 Å². The van der Waals surface area contributed by atoms with E-state index in [1.54, 1.807) is 6.92 Å². The number of benzene rings is 1. The van der Waals surface area contributed by atoms with Gasteiger partial charge in [-0.3, -0.25) is 4.79 Å². The van der Waals surface area contributed by atoms with E-state index >= 15 is 0 Å². The maximum absolute atomic E-state index is 11.3. The molecule has 5 heteroatoms. The molecule has 1 aliphatic rings. The van der Waals surface area contributed by atoms with E-state index in [1.165, 1.54) is 0 Å². The average molecular weight is 265 g/mol. The molecule has 0 aliphatic carbocycles. The van der Waals surface area contributed by atoms with Crippen LogP contribution in [0.25, 0.3) is 0 Å². The summed E-state index contributed by atoms with van der Waals surface area (Å²) in [6.45, 7) is 2.46. The first kappa shape index (κ1) is 13.7. The topological polar surface area (TPSA) is 70.8 Å². The molecule has 1 aliphatic heterocycles. The lowest BCUT2D eigenvalue weighted by Crippen LogP contribution is -2.25. The van der Waals surface area contributed by atoms with Gasteiger partial charge < -0.3 is 19.9 Å². The molecular formula is C14H19NO4. The van der Waals surface area contributed by atoms with E-state index in [2.05, 4.69) is 0 Å². The lowest BCUT2D eigenvalue weighted by atomic mass is 10.0. The number of rotatable bonds is 6. The zero-order valence-electron chi connectivity index (χ0n) is 11.1. The molecule has 0 radical (unpaired) electrons. The second-order valence-corrected chi connectivity index (χ2v) is 4.50. The van der Waals surface area contributed by atoms with Crippen LogP contribution in [0.5, 0.6) is 11.5 Å². The number of hydrogen-bond acceptors (Lipinski definition) is 5. The molecule has 2 N–H and O–H groups in total. The second kappa shape index (κ2) is 6.43. The summed E-state index contributed by atoms with van der Waals surface area (Å²) in [6.07, 6.45) is 1.80. The molecule has 0 aromatic heterocycles. The largest absolute Gasteiger partial charge is 0.466 e. The van der Waals surface area contributed by atoms with Gasteiger partial charge in [-0.15, -0.1) is 0 Å². The highest BCUT2D eigenvalue weighted by Gasteiger charge is 2.14. The SMILES string of the molecule is CCOC(=O)CC(N)CCc1ccc2c(c1)OCO2. The number of nitrogens with two attached hydrogens (primary N) is 1. The summed E-state index contributed by atoms with van der Waals surface area (Å²) in [6, 6.07) is 5.67. The van der Waals surface area contributed by atoms with Gasteiger partial charge in [-0.25, -0.2) is 0 Å². The standard InChI is InChI=1S/C14H19NO4/c1-2-17-14(16)8-11(15)5-3-10-4-6-12-13(7-10)19-9-18-12/h4,6-7,11H,2-3,5,8-9,15H2,1H3. The number of carbonyl (C=O) groups is 1. The molecule has 1 atom stereocenters. The molecule has 19 heavy (non-hydrogen) atoms. The van der Waals surface area contributed by atoms with Gasteiger partial charge in [-0.1, -0.05) is 6.07 Å². The molecule has 1 aromatic rings. The Kier molecular flexibility index (Phi) is 4.63. The quantitative estimate of drug-likeness (QED) is 0.791. The molecule has 0 spiro atoms. The minimum atomic E-state index is -0.235. The van der Waals surface area contributed by atoms with Crippen LogP contribution >= 0.6 is 0 Å². The Morgan fingerprint density at radius 3 is 3.00 bits per heavy atom. The van der Waals surface area contributed by atoms with Crippen LogP contribution in [0.1, 0.15) is 25.3 Å². The first-order valence-electron chi connectivity index (χ1n) is 6.48. The van der Waals surface area contributed by atoms with E-state index in [-0.39, 0.29) is 25.2 Å². The summed E-state index contributed by atoms with van der Waals surface area (Å²) in [5.74, 6) is 1.32. The van der Waals surface area contributed by atoms with Crippen molar-refractivity contribution in [2.75, 3.05) is 13.4 Å². The Bertz CT molecular complexity index is 447. The Morgan fingerprint density at radius 2 is 2.21 bits per heavy atom. The Morgan fingerprint density at radius 1 is 1.42 bits per heavy atom. The molecule has 1 aromatic carbocycles. The average Bonchev–Trinajstić information content (AvgIpc) is 2.83. The minimum absolute atomic E-state index is 0.176. The van der Waals surface area contributed by atoms with Crippen LogP contribution in [0.4, 0.5) is 0 Å². The van der Waals surface area contributed by atoms with Gasteiger partial charge in [0.15, 0.2) is 11.5 Å². The predicted octanol–water partition coefficient (Wildman–Crippen LogP) is 1.63. The number of hydrogen-bond donors (Lipinski definition) is 1. The molecule has 0 saturated carbocycles. The summed E-state index contributed by atoms with van der Waals surface area (Å²) in [5, 5.41) is 0. The first-order valence-corrected chi connectivity index (χ1v) is 6.48. The van der Waals surface area contributed by atoms with Gasteiger partial charge >= 0.3 is 5.97 Å². The Balaban J connectivity index is 1.80. The van der Waals surface area contributed by atoms with E-state index in [1.807, 2.05) is 18.2 Å². The van der Waals surface area contributed by atoms with Crippen molar-refractivity contribution in [2.45, 2.75) is 32.2 Å². The molecule has 0 amide bonds. The maximum Gasteiger partial charge on any atom is 0.307 e. The summed E-state index contributed by atoms with van der Waals surface area (Å²) < 4.78 is 15.4. The third kappa shape index (κ3) is 3.86. The molecule has 2 rings (SSSR count). The molecule has 1 unspecified atom stereocenters. The van der Waals surface area contributed by atoms with E-state index in [0.717, 1.165) is 29.9 Å². The van der Waals surface area contributed by atoms with Gasteiger partial charge in [0.2, 0.25) is 6.79 Å². The van der Waals surface area contributed by atoms with Gasteiger partial charge in [-0.2, -0.15) is 0 Å². The van der Waals surface area contributed by atoms with Crippen LogP contribution in [0.3, 0.4) is 0 Å². The normalized spacial score (nSPS) is 14.2. The van der Waals surface area contributed by atoms with Crippen LogP contribution in [-0.2, 0) is 16.0 Å². The summed E-state index contributed by atoms with van der Waals surface area (Å²) in [7, 11) is 0. The minimum Gasteiger partial charge on any atom is -0.466 e. The Hall–Kier alpha value is -1.75. The van der Waals surface area contributed by atoms with Crippen molar-refractivity contribution in [3.05, 3.63) is 23.8 Å². The van der Waals surface area contributed by atoms with Crippen LogP contribution in [0.2, 0.25) is 0 Å². The third-order valence-corrected chi connectivity index (χ3v) is 2.97. The van der Waals surface area contributed by atoms with Crippen LogP contribution in [0, 0.1) is 0 Å². The fourth-order valence-electron chi connectivity index (χ4n) is 1.98. The van der Waals surface area contributed by atoms with Gasteiger partial charge in [-0.05, 0) is 37.5 Å². The molecule has 104 valence electrons. The summed E-state index contributed by atoms with van der Waals surface area (Å²) >= 11 is 0. The number of esters is 1. The van der Waals surface area contributed by atoms with Gasteiger partial charge in [0.05, 0.1) is 13.0 Å². The van der Waals surface area contributed by atoms with Crippen molar-refractivity contribution in [1.82, 2.24) is 0 Å². The van der Waals surface area contributed by atoms with Crippen molar-refractivity contribution < 1.29 is 19.0 Å². The second-order valence-electron chi connectivity index (χ2n) is 4.50. The van der Waals surface area contributed by atoms with Crippen LogP contribution < -0.4 is 15.2 Å². The lowest BCUT2D eigenvalue weighted by molar-refractivity contribution is -0.143.